The number of morpholine rings is 1. The van der Waals surface area contributed by atoms with Crippen LogP contribution in [0.4, 0.5) is 10.1 Å². The van der Waals surface area contributed by atoms with Gasteiger partial charge in [0.25, 0.3) is 5.91 Å². The quantitative estimate of drug-likeness (QED) is 0.187. The fraction of sp³-hybridized carbons (Fsp3) is 0.436. The number of carbonyl (C=O) groups excluding carboxylic acids is 1. The number of aliphatic hydroxyl groups is 1. The van der Waals surface area contributed by atoms with Gasteiger partial charge in [-0.1, -0.05) is 24.3 Å². The molecule has 3 aliphatic heterocycles. The number of halogens is 1. The second kappa shape index (κ2) is 14.4. The average molecular weight is 697 g/mol. The second-order valence-corrected chi connectivity index (χ2v) is 14.1. The van der Waals surface area contributed by atoms with E-state index < -0.39 is 23.3 Å². The maximum absolute atomic E-state index is 16.1. The number of ether oxygens (including phenoxy) is 2. The summed E-state index contributed by atoms with van der Waals surface area (Å²) in [5, 5.41) is 17.5. The molecule has 51 heavy (non-hydrogen) atoms. The molecule has 0 saturated carbocycles. The molecule has 1 atom stereocenters. The summed E-state index contributed by atoms with van der Waals surface area (Å²) in [5.74, 6) is -0.536. The van der Waals surface area contributed by atoms with Gasteiger partial charge in [0.2, 0.25) is 5.43 Å². The van der Waals surface area contributed by atoms with Crippen molar-refractivity contribution in [1.82, 2.24) is 24.6 Å². The smallest absolute Gasteiger partial charge is 0.256 e. The number of aromatic nitrogens is 1. The van der Waals surface area contributed by atoms with Crippen LogP contribution in [0.5, 0.6) is 11.5 Å². The molecule has 0 bridgehead atoms. The summed E-state index contributed by atoms with van der Waals surface area (Å²) in [7, 11) is 2.12. The van der Waals surface area contributed by atoms with E-state index in [0.717, 1.165) is 81.9 Å². The van der Waals surface area contributed by atoms with E-state index in [-0.39, 0.29) is 22.4 Å². The van der Waals surface area contributed by atoms with Crippen molar-refractivity contribution >= 4 is 22.5 Å². The topological polar surface area (TPSA) is 112 Å². The third-order valence-corrected chi connectivity index (χ3v) is 10.7. The van der Waals surface area contributed by atoms with E-state index in [9.17, 15) is 14.7 Å². The van der Waals surface area contributed by atoms with Crippen LogP contribution in [0.1, 0.15) is 40.4 Å². The highest BCUT2D eigenvalue weighted by Gasteiger charge is 2.32. The summed E-state index contributed by atoms with van der Waals surface area (Å²) in [5.41, 5.74) is 4.12. The van der Waals surface area contributed by atoms with Crippen molar-refractivity contribution in [1.29, 1.82) is 0 Å². The Kier molecular flexibility index (Phi) is 9.51. The lowest BCUT2D eigenvalue weighted by Crippen LogP contribution is -2.45. The zero-order chi connectivity index (χ0) is 35.1. The first-order valence-electron chi connectivity index (χ1n) is 18.1. The molecule has 0 radical (unpaired) electrons. The van der Waals surface area contributed by atoms with Crippen LogP contribution in [0.15, 0.2) is 53.5 Å². The van der Waals surface area contributed by atoms with Crippen LogP contribution in [0.3, 0.4) is 0 Å². The molecule has 11 nitrogen and oxygen atoms in total. The zero-order valence-electron chi connectivity index (χ0n) is 29.0. The van der Waals surface area contributed by atoms with Crippen molar-refractivity contribution < 1.29 is 23.8 Å². The molecule has 3 N–H and O–H groups in total. The Bertz CT molecular complexity index is 2020. The number of hydrogen-bond donors (Lipinski definition) is 3. The van der Waals surface area contributed by atoms with Crippen LogP contribution >= 0.6 is 0 Å². The summed E-state index contributed by atoms with van der Waals surface area (Å²) in [6.07, 6.45) is 2.79. The van der Waals surface area contributed by atoms with Crippen LogP contribution in [-0.4, -0.2) is 116 Å². The number of aliphatic hydroxyl groups excluding tert-OH is 1. The fourth-order valence-electron chi connectivity index (χ4n) is 7.81. The average Bonchev–Trinajstić information content (AvgIpc) is 3.14. The standard InChI is InChI=1S/C39H45FN6O5/c1-43-12-14-44(15-13-43)10-5-9-42-39(49)30-24-46-32-22-27-26-7-3-2-6-25(26)20-33(47)28(27)23-34(32)51-38-35(31(40)21-29(36(38)46)37(30)48)41-8-4-11-45-16-18-50-19-17-45/h2-3,6-7,21-24,33,41,47H,4-5,8-20H2,1H3,(H,42,49). The predicted octanol–water partition coefficient (Wildman–Crippen LogP) is 3.99. The van der Waals surface area contributed by atoms with Gasteiger partial charge in [-0.25, -0.2) is 4.39 Å². The molecule has 1 aliphatic carbocycles. The van der Waals surface area contributed by atoms with Gasteiger partial charge in [0.15, 0.2) is 17.3 Å². The maximum Gasteiger partial charge on any atom is 0.256 e. The lowest BCUT2D eigenvalue weighted by atomic mass is 9.83. The number of nitrogens with zero attached hydrogens (tertiary/aromatic N) is 4. The van der Waals surface area contributed by atoms with Crippen LogP contribution in [0.2, 0.25) is 0 Å². The molecule has 2 fully saturated rings. The molecule has 4 heterocycles. The van der Waals surface area contributed by atoms with E-state index in [4.69, 9.17) is 9.47 Å². The van der Waals surface area contributed by atoms with Gasteiger partial charge >= 0.3 is 0 Å². The number of piperazine rings is 1. The normalized spacial score (nSPS) is 18.8. The monoisotopic (exact) mass is 696 g/mol. The highest BCUT2D eigenvalue weighted by molar-refractivity contribution is 6.01. The van der Waals surface area contributed by atoms with Crippen molar-refractivity contribution in [3.63, 3.8) is 0 Å². The Morgan fingerprint density at radius 2 is 1.71 bits per heavy atom. The number of benzene rings is 3. The van der Waals surface area contributed by atoms with Gasteiger partial charge in [0.05, 0.1) is 30.4 Å². The minimum absolute atomic E-state index is 0.0651. The van der Waals surface area contributed by atoms with Crippen LogP contribution < -0.4 is 20.8 Å². The van der Waals surface area contributed by atoms with Gasteiger partial charge in [-0.05, 0) is 73.4 Å². The van der Waals surface area contributed by atoms with Crippen LogP contribution in [0.25, 0.3) is 27.7 Å². The number of amides is 1. The van der Waals surface area contributed by atoms with Gasteiger partial charge in [-0.3, -0.25) is 14.5 Å². The summed E-state index contributed by atoms with van der Waals surface area (Å²) >= 11 is 0. The summed E-state index contributed by atoms with van der Waals surface area (Å²) < 4.78 is 29.8. The molecule has 4 aromatic rings. The Morgan fingerprint density at radius 3 is 2.51 bits per heavy atom. The third-order valence-electron chi connectivity index (χ3n) is 10.7. The van der Waals surface area contributed by atoms with Crippen molar-refractivity contribution in [2.24, 2.45) is 0 Å². The molecule has 3 aromatic carbocycles. The Morgan fingerprint density at radius 1 is 0.961 bits per heavy atom. The van der Waals surface area contributed by atoms with E-state index in [1.807, 2.05) is 36.4 Å². The summed E-state index contributed by atoms with van der Waals surface area (Å²) in [6, 6.07) is 12.9. The maximum atomic E-state index is 16.1. The number of rotatable bonds is 10. The van der Waals surface area contributed by atoms with Crippen molar-refractivity contribution in [3.05, 3.63) is 81.4 Å². The number of carbonyl (C=O) groups is 1. The molecule has 1 unspecified atom stereocenters. The van der Waals surface area contributed by atoms with Gasteiger partial charge in [-0.2, -0.15) is 0 Å². The van der Waals surface area contributed by atoms with E-state index in [1.165, 1.54) is 6.07 Å². The second-order valence-electron chi connectivity index (χ2n) is 14.1. The van der Waals surface area contributed by atoms with Crippen molar-refractivity contribution in [2.45, 2.75) is 25.4 Å². The van der Waals surface area contributed by atoms with Crippen molar-refractivity contribution in [3.8, 4) is 28.3 Å². The summed E-state index contributed by atoms with van der Waals surface area (Å²) in [6.45, 7) is 9.78. The number of nitrogens with one attached hydrogen (secondary N) is 2. The minimum atomic E-state index is -0.753. The molecule has 268 valence electrons. The van der Waals surface area contributed by atoms with E-state index in [2.05, 4.69) is 32.4 Å². The highest BCUT2D eigenvalue weighted by Crippen LogP contribution is 2.49. The lowest BCUT2D eigenvalue weighted by molar-refractivity contribution is 0.0378. The van der Waals surface area contributed by atoms with Crippen LogP contribution in [0, 0.1) is 5.82 Å². The minimum Gasteiger partial charge on any atom is -0.451 e. The van der Waals surface area contributed by atoms with Gasteiger partial charge < -0.3 is 39.6 Å². The number of likely N-dealkylation sites (N-methyl/N-ethyl adjacent to an activating group) is 1. The number of fused-ring (bicyclic) bond motifs is 5. The lowest BCUT2D eigenvalue weighted by Gasteiger charge is -2.32. The van der Waals surface area contributed by atoms with E-state index >= 15 is 4.39 Å². The molecule has 2 saturated heterocycles. The van der Waals surface area contributed by atoms with Crippen molar-refractivity contribution in [2.75, 3.05) is 91.0 Å². The fourth-order valence-corrected chi connectivity index (χ4v) is 7.81. The van der Waals surface area contributed by atoms with Gasteiger partial charge in [0.1, 0.15) is 16.8 Å². The first kappa shape index (κ1) is 33.8. The SMILES string of the molecule is CN1CCN(CCCNC(=O)c2cn3c4c(c(NCCCN5CCOCC5)c(F)cc4c2=O)Oc2cc4c(cc2-3)-c2ccccc2CC4O)CC1. The first-order chi connectivity index (χ1) is 24.9. The first-order valence-corrected chi connectivity index (χ1v) is 18.1. The third kappa shape index (κ3) is 6.62. The molecule has 1 aromatic heterocycles. The van der Waals surface area contributed by atoms with E-state index in [1.54, 1.807) is 10.8 Å². The number of pyridine rings is 1. The molecule has 0 spiro atoms. The zero-order valence-corrected chi connectivity index (χ0v) is 29.0. The molecule has 12 heteroatoms. The molecule has 8 rings (SSSR count). The Labute approximate surface area is 296 Å². The van der Waals surface area contributed by atoms with Crippen LogP contribution in [-0.2, 0) is 11.2 Å². The van der Waals surface area contributed by atoms with Gasteiger partial charge in [0, 0.05) is 65.0 Å². The highest BCUT2D eigenvalue weighted by atomic mass is 19.1. The molecule has 1 amide bonds. The summed E-state index contributed by atoms with van der Waals surface area (Å²) in [4.78, 5) is 34.7. The molecule has 4 aliphatic rings. The molecular weight excluding hydrogens is 651 g/mol. The van der Waals surface area contributed by atoms with E-state index in [0.29, 0.717) is 55.2 Å². The number of anilines is 1. The predicted molar refractivity (Wildman–Crippen MR) is 195 cm³/mol. The largest absolute Gasteiger partial charge is 0.451 e. The Balaban J connectivity index is 1.15. The number of hydrogen-bond acceptors (Lipinski definition) is 9. The molecular formula is C39H45FN6O5. The van der Waals surface area contributed by atoms with Gasteiger partial charge in [-0.15, -0.1) is 0 Å². The Hall–Kier alpha value is -4.33.